The molecule has 1 nitrogen and oxygen atoms in total. The van der Waals surface area contributed by atoms with Gasteiger partial charge in [-0.25, -0.2) is 4.39 Å². The summed E-state index contributed by atoms with van der Waals surface area (Å²) in [6, 6.07) is 8.72. The molecule has 0 aliphatic heterocycles. The molecule has 3 aliphatic carbocycles. The maximum Gasteiger partial charge on any atom is 0.166 e. The van der Waals surface area contributed by atoms with Crippen molar-refractivity contribution in [2.24, 2.45) is 23.7 Å². The first-order chi connectivity index (χ1) is 14.6. The van der Waals surface area contributed by atoms with E-state index in [4.69, 9.17) is 22.8 Å². The zero-order valence-corrected chi connectivity index (χ0v) is 17.8. The number of rotatable bonds is 4. The summed E-state index contributed by atoms with van der Waals surface area (Å²) in [5.41, 5.74) is 3.91. The molecule has 4 unspecified atom stereocenters. The summed E-state index contributed by atoms with van der Waals surface area (Å²) >= 11 is 6.43. The summed E-state index contributed by atoms with van der Waals surface area (Å²) in [4.78, 5) is 0. The molecule has 0 saturated heterocycles. The summed E-state index contributed by atoms with van der Waals surface area (Å²) in [5.74, 6) is 5.10. The maximum absolute atomic E-state index is 14.7. The Balaban J connectivity index is 1.51. The summed E-state index contributed by atoms with van der Waals surface area (Å²) in [5, 5.41) is 0.670. The van der Waals surface area contributed by atoms with Crippen LogP contribution in [0.2, 0.25) is 5.02 Å². The van der Waals surface area contributed by atoms with E-state index in [-0.39, 0.29) is 11.9 Å². The number of fused-ring (bicyclic) bond motifs is 2. The molecule has 3 aliphatic rings. The first-order valence-corrected chi connectivity index (χ1v) is 11.3. The van der Waals surface area contributed by atoms with Gasteiger partial charge in [-0.15, -0.1) is 6.42 Å². The molecule has 2 saturated carbocycles. The molecular weight excluding hydrogens is 395 g/mol. The van der Waals surface area contributed by atoms with E-state index in [0.717, 1.165) is 29.4 Å². The van der Waals surface area contributed by atoms with E-state index < -0.39 is 5.82 Å². The maximum atomic E-state index is 14.7. The van der Waals surface area contributed by atoms with Gasteiger partial charge in [0.15, 0.2) is 11.6 Å². The molecule has 0 bridgehead atoms. The van der Waals surface area contributed by atoms with Gasteiger partial charge in [0.1, 0.15) is 6.10 Å². The lowest BCUT2D eigenvalue weighted by molar-refractivity contribution is 0.0969. The summed E-state index contributed by atoms with van der Waals surface area (Å²) in [6.07, 6.45) is 14.5. The fraction of sp³-hybridized carbons (Fsp3) is 0.407. The molecular formula is C27H26ClFO. The predicted octanol–water partition coefficient (Wildman–Crippen LogP) is 7.22. The van der Waals surface area contributed by atoms with E-state index in [0.29, 0.717) is 22.4 Å². The Bertz CT molecular complexity index is 1020. The van der Waals surface area contributed by atoms with Gasteiger partial charge in [-0.05, 0) is 103 Å². The number of hydrogen-bond acceptors (Lipinski definition) is 1. The highest BCUT2D eigenvalue weighted by Gasteiger charge is 2.45. The Morgan fingerprint density at radius 1 is 1.10 bits per heavy atom. The number of benzene rings is 2. The number of terminal acetylenes is 1. The van der Waals surface area contributed by atoms with Crippen LogP contribution in [0.3, 0.4) is 0 Å². The van der Waals surface area contributed by atoms with E-state index >= 15 is 0 Å². The van der Waals surface area contributed by atoms with E-state index in [9.17, 15) is 4.39 Å². The summed E-state index contributed by atoms with van der Waals surface area (Å²) < 4.78 is 21.1. The van der Waals surface area contributed by atoms with Crippen molar-refractivity contribution < 1.29 is 9.13 Å². The minimum absolute atomic E-state index is 0.206. The van der Waals surface area contributed by atoms with Crippen LogP contribution in [0.5, 0.6) is 5.75 Å². The topological polar surface area (TPSA) is 9.23 Å². The molecule has 0 spiro atoms. The second kappa shape index (κ2) is 7.78. The van der Waals surface area contributed by atoms with Crippen LogP contribution in [0.1, 0.15) is 60.5 Å². The Morgan fingerprint density at radius 3 is 2.50 bits per heavy atom. The monoisotopic (exact) mass is 420 g/mol. The van der Waals surface area contributed by atoms with Crippen molar-refractivity contribution >= 4 is 17.7 Å². The molecule has 0 amide bonds. The smallest absolute Gasteiger partial charge is 0.166 e. The number of ether oxygens (including phenoxy) is 1. The Hall–Kier alpha value is -2.24. The third-order valence-corrected chi connectivity index (χ3v) is 7.70. The van der Waals surface area contributed by atoms with Crippen LogP contribution in [0.25, 0.3) is 6.08 Å². The average Bonchev–Trinajstić information content (AvgIpc) is 3.44. The molecule has 2 fully saturated rings. The highest BCUT2D eigenvalue weighted by Crippen LogP contribution is 2.54. The highest BCUT2D eigenvalue weighted by atomic mass is 35.5. The van der Waals surface area contributed by atoms with Crippen molar-refractivity contribution in [3.05, 3.63) is 70.0 Å². The molecule has 2 aromatic carbocycles. The second-order valence-corrected chi connectivity index (χ2v) is 9.57. The molecule has 30 heavy (non-hydrogen) atoms. The standard InChI is InChI=1S/C27H26ClFO/c1-3-16-5-10-26(25(29)11-16)30-27-23(18-6-8-19-12-20(19)9-7-18)15-22-17(4-2)13-21(28)14-24(22)27/h1,4-5,10-11,13-14,18-20,23,27H,2,6-9,12,15H2. The van der Waals surface area contributed by atoms with Crippen molar-refractivity contribution in [1.29, 1.82) is 0 Å². The van der Waals surface area contributed by atoms with Crippen LogP contribution in [0.4, 0.5) is 4.39 Å². The van der Waals surface area contributed by atoms with Gasteiger partial charge >= 0.3 is 0 Å². The molecule has 2 aromatic rings. The fourth-order valence-electron chi connectivity index (χ4n) is 5.76. The molecule has 0 heterocycles. The van der Waals surface area contributed by atoms with E-state index in [1.807, 2.05) is 18.2 Å². The third kappa shape index (κ3) is 3.54. The predicted molar refractivity (Wildman–Crippen MR) is 120 cm³/mol. The van der Waals surface area contributed by atoms with Crippen molar-refractivity contribution in [3.8, 4) is 18.1 Å². The number of halogens is 2. The zero-order valence-electron chi connectivity index (χ0n) is 17.0. The number of hydrogen-bond donors (Lipinski definition) is 0. The van der Waals surface area contributed by atoms with Gasteiger partial charge in [0.05, 0.1) is 0 Å². The van der Waals surface area contributed by atoms with E-state index in [1.165, 1.54) is 43.7 Å². The van der Waals surface area contributed by atoms with Crippen molar-refractivity contribution in [3.63, 3.8) is 0 Å². The molecule has 3 heteroatoms. The third-order valence-electron chi connectivity index (χ3n) is 7.48. The molecule has 0 aromatic heterocycles. The molecule has 0 N–H and O–H groups in total. The van der Waals surface area contributed by atoms with Crippen LogP contribution < -0.4 is 4.74 Å². The molecule has 0 radical (unpaired) electrons. The van der Waals surface area contributed by atoms with Crippen LogP contribution >= 0.6 is 11.6 Å². The zero-order chi connectivity index (χ0) is 20.8. The van der Waals surface area contributed by atoms with Crippen LogP contribution in [-0.2, 0) is 6.42 Å². The van der Waals surface area contributed by atoms with Crippen molar-refractivity contribution in [1.82, 2.24) is 0 Å². The fourth-order valence-corrected chi connectivity index (χ4v) is 5.99. The largest absolute Gasteiger partial charge is 0.482 e. The lowest BCUT2D eigenvalue weighted by atomic mass is 9.82. The van der Waals surface area contributed by atoms with Crippen LogP contribution in [0.15, 0.2) is 36.9 Å². The van der Waals surface area contributed by atoms with Crippen LogP contribution in [-0.4, -0.2) is 0 Å². The highest BCUT2D eigenvalue weighted by molar-refractivity contribution is 6.30. The average molecular weight is 421 g/mol. The normalized spacial score (nSPS) is 29.3. The molecule has 5 rings (SSSR count). The Kier molecular flexibility index (Phi) is 5.11. The Labute approximate surface area is 183 Å². The first-order valence-electron chi connectivity index (χ1n) is 10.9. The van der Waals surface area contributed by atoms with Gasteiger partial charge in [0.25, 0.3) is 0 Å². The minimum Gasteiger partial charge on any atom is -0.482 e. The lowest BCUT2D eigenvalue weighted by Crippen LogP contribution is -2.23. The van der Waals surface area contributed by atoms with Gasteiger partial charge in [-0.3, -0.25) is 0 Å². The second-order valence-electron chi connectivity index (χ2n) is 9.13. The molecule has 154 valence electrons. The van der Waals surface area contributed by atoms with E-state index in [2.05, 4.69) is 12.5 Å². The lowest BCUT2D eigenvalue weighted by Gasteiger charge is -2.29. The van der Waals surface area contributed by atoms with Crippen molar-refractivity contribution in [2.75, 3.05) is 0 Å². The quantitative estimate of drug-likeness (QED) is 0.474. The van der Waals surface area contributed by atoms with Gasteiger partial charge in [-0.2, -0.15) is 0 Å². The summed E-state index contributed by atoms with van der Waals surface area (Å²) in [7, 11) is 0. The Morgan fingerprint density at radius 2 is 1.83 bits per heavy atom. The first kappa shape index (κ1) is 19.7. The van der Waals surface area contributed by atoms with Gasteiger partial charge in [0.2, 0.25) is 0 Å². The van der Waals surface area contributed by atoms with Gasteiger partial charge in [-0.1, -0.05) is 30.2 Å². The van der Waals surface area contributed by atoms with Crippen LogP contribution in [0, 0.1) is 41.8 Å². The summed E-state index contributed by atoms with van der Waals surface area (Å²) in [6.45, 7) is 3.98. The minimum atomic E-state index is -0.411. The SMILES string of the molecule is C#Cc1ccc(OC2c3cc(Cl)cc(C=C)c3CC2C2CCC3CC3CC2)c(F)c1. The molecule has 4 atom stereocenters. The van der Waals surface area contributed by atoms with Gasteiger partial charge in [0, 0.05) is 16.5 Å². The van der Waals surface area contributed by atoms with Gasteiger partial charge < -0.3 is 4.74 Å². The van der Waals surface area contributed by atoms with E-state index in [1.54, 1.807) is 12.1 Å². The van der Waals surface area contributed by atoms with Crippen molar-refractivity contribution in [2.45, 2.75) is 44.6 Å².